The van der Waals surface area contributed by atoms with Crippen LogP contribution in [0.1, 0.15) is 60.8 Å². The van der Waals surface area contributed by atoms with Gasteiger partial charge >= 0.3 is 0 Å². The van der Waals surface area contributed by atoms with Crippen molar-refractivity contribution in [3.8, 4) is 0 Å². The van der Waals surface area contributed by atoms with Crippen LogP contribution in [0, 0.1) is 17.8 Å². The van der Waals surface area contributed by atoms with Crippen molar-refractivity contribution in [2.75, 3.05) is 19.6 Å². The van der Waals surface area contributed by atoms with Gasteiger partial charge in [-0.2, -0.15) is 0 Å². The van der Waals surface area contributed by atoms with E-state index in [0.29, 0.717) is 18.1 Å². The van der Waals surface area contributed by atoms with Gasteiger partial charge in [-0.25, -0.2) is 0 Å². The first-order chi connectivity index (χ1) is 9.86. The van der Waals surface area contributed by atoms with Gasteiger partial charge < -0.3 is 16.0 Å². The molecule has 0 saturated heterocycles. The van der Waals surface area contributed by atoms with Gasteiger partial charge in [0.05, 0.1) is 0 Å². The molecule has 0 aliphatic heterocycles. The summed E-state index contributed by atoms with van der Waals surface area (Å²) in [7, 11) is 0. The first-order valence-electron chi connectivity index (χ1n) is 9.07. The normalized spacial score (nSPS) is 27.0. The van der Waals surface area contributed by atoms with Gasteiger partial charge in [0.25, 0.3) is 0 Å². The summed E-state index contributed by atoms with van der Waals surface area (Å²) in [5, 5.41) is 11.3. The Morgan fingerprint density at radius 3 is 1.00 bits per heavy atom. The molecule has 1 rings (SSSR count). The van der Waals surface area contributed by atoms with E-state index < -0.39 is 0 Å². The van der Waals surface area contributed by atoms with Crippen LogP contribution in [0.15, 0.2) is 0 Å². The number of hydrogen-bond donors (Lipinski definition) is 3. The summed E-state index contributed by atoms with van der Waals surface area (Å²) >= 11 is 0. The molecule has 3 N–H and O–H groups in total. The highest BCUT2D eigenvalue weighted by Crippen LogP contribution is 2.20. The van der Waals surface area contributed by atoms with Crippen molar-refractivity contribution in [1.82, 2.24) is 16.0 Å². The average Bonchev–Trinajstić information content (AvgIpc) is 2.40. The lowest BCUT2D eigenvalue weighted by Crippen LogP contribution is -2.52. The van der Waals surface area contributed by atoms with Gasteiger partial charge in [-0.1, -0.05) is 41.5 Å². The highest BCUT2D eigenvalue weighted by molar-refractivity contribution is 4.90. The van der Waals surface area contributed by atoms with Crippen molar-refractivity contribution < 1.29 is 0 Å². The summed E-state index contributed by atoms with van der Waals surface area (Å²) in [6, 6.07) is 1.99. The molecule has 0 heterocycles. The molecular weight excluding hydrogens is 258 g/mol. The van der Waals surface area contributed by atoms with E-state index in [9.17, 15) is 0 Å². The van der Waals surface area contributed by atoms with Crippen LogP contribution < -0.4 is 16.0 Å². The van der Waals surface area contributed by atoms with E-state index in [1.54, 1.807) is 0 Å². The first-order valence-corrected chi connectivity index (χ1v) is 9.07. The third kappa shape index (κ3) is 8.80. The molecule has 1 fully saturated rings. The van der Waals surface area contributed by atoms with Gasteiger partial charge in [0.1, 0.15) is 0 Å². The summed E-state index contributed by atoms with van der Waals surface area (Å²) in [4.78, 5) is 0. The van der Waals surface area contributed by atoms with Crippen LogP contribution in [0.5, 0.6) is 0 Å². The lowest BCUT2D eigenvalue weighted by Gasteiger charge is -2.37. The Hall–Kier alpha value is -0.120. The summed E-state index contributed by atoms with van der Waals surface area (Å²) in [5.74, 6) is 2.20. The van der Waals surface area contributed by atoms with Gasteiger partial charge in [-0.05, 0) is 56.7 Å². The van der Waals surface area contributed by atoms with Crippen LogP contribution in [0.3, 0.4) is 0 Å². The molecule has 1 aliphatic rings. The highest BCUT2D eigenvalue weighted by atomic mass is 15.0. The quantitative estimate of drug-likeness (QED) is 0.612. The fourth-order valence-corrected chi connectivity index (χ4v) is 3.03. The van der Waals surface area contributed by atoms with Crippen LogP contribution in [0.25, 0.3) is 0 Å². The summed E-state index contributed by atoms with van der Waals surface area (Å²) in [5.41, 5.74) is 0. The van der Waals surface area contributed by atoms with E-state index in [1.165, 1.54) is 19.3 Å². The molecule has 0 spiro atoms. The minimum Gasteiger partial charge on any atom is -0.314 e. The Balaban J connectivity index is 2.46. The topological polar surface area (TPSA) is 36.1 Å². The predicted molar refractivity (Wildman–Crippen MR) is 93.7 cm³/mol. The van der Waals surface area contributed by atoms with Gasteiger partial charge in [0.2, 0.25) is 0 Å². The maximum atomic E-state index is 3.78. The zero-order chi connectivity index (χ0) is 15.8. The van der Waals surface area contributed by atoms with E-state index in [4.69, 9.17) is 0 Å². The Bertz CT molecular complexity index is 214. The average molecular weight is 298 g/mol. The highest BCUT2D eigenvalue weighted by Gasteiger charge is 2.28. The Morgan fingerprint density at radius 1 is 0.571 bits per heavy atom. The van der Waals surface area contributed by atoms with Crippen LogP contribution in [0.2, 0.25) is 0 Å². The molecular formula is C18H39N3. The Labute approximate surface area is 133 Å². The molecule has 3 heteroatoms. The molecule has 0 atom stereocenters. The van der Waals surface area contributed by atoms with E-state index in [2.05, 4.69) is 57.5 Å². The van der Waals surface area contributed by atoms with E-state index in [1.807, 2.05) is 0 Å². The monoisotopic (exact) mass is 297 g/mol. The molecule has 0 aromatic carbocycles. The van der Waals surface area contributed by atoms with Crippen LogP contribution in [-0.2, 0) is 0 Å². The largest absolute Gasteiger partial charge is 0.314 e. The fraction of sp³-hybridized carbons (Fsp3) is 1.00. The van der Waals surface area contributed by atoms with Crippen LogP contribution in [-0.4, -0.2) is 37.8 Å². The second kappa shape index (κ2) is 9.81. The molecule has 0 aromatic heterocycles. The van der Waals surface area contributed by atoms with Crippen molar-refractivity contribution >= 4 is 0 Å². The second-order valence-electron chi connectivity index (χ2n) is 8.20. The summed E-state index contributed by atoms with van der Waals surface area (Å²) in [6.07, 6.45) is 3.83. The minimum atomic E-state index is 0.662. The molecule has 3 nitrogen and oxygen atoms in total. The molecule has 0 unspecified atom stereocenters. The zero-order valence-electron chi connectivity index (χ0n) is 15.2. The maximum Gasteiger partial charge on any atom is 0.00968 e. The molecule has 1 saturated carbocycles. The SMILES string of the molecule is CC(C)CNC1CC(NCC(C)C)CC(NCC(C)C)C1. The van der Waals surface area contributed by atoms with Crippen molar-refractivity contribution in [3.05, 3.63) is 0 Å². The summed E-state index contributed by atoms with van der Waals surface area (Å²) < 4.78 is 0. The van der Waals surface area contributed by atoms with Gasteiger partial charge in [0.15, 0.2) is 0 Å². The lowest BCUT2D eigenvalue weighted by atomic mass is 9.86. The maximum absolute atomic E-state index is 3.78. The number of rotatable bonds is 9. The molecule has 0 bridgehead atoms. The predicted octanol–water partition coefficient (Wildman–Crippen LogP) is 3.01. The Kier molecular flexibility index (Phi) is 8.84. The first kappa shape index (κ1) is 18.9. The van der Waals surface area contributed by atoms with E-state index in [0.717, 1.165) is 37.4 Å². The van der Waals surface area contributed by atoms with Gasteiger partial charge in [-0.15, -0.1) is 0 Å². The zero-order valence-corrected chi connectivity index (χ0v) is 15.2. The lowest BCUT2D eigenvalue weighted by molar-refractivity contribution is 0.237. The molecule has 0 radical (unpaired) electrons. The van der Waals surface area contributed by atoms with Gasteiger partial charge in [-0.3, -0.25) is 0 Å². The number of hydrogen-bond acceptors (Lipinski definition) is 3. The number of nitrogens with one attached hydrogen (secondary N) is 3. The Morgan fingerprint density at radius 2 is 0.810 bits per heavy atom. The molecule has 126 valence electrons. The van der Waals surface area contributed by atoms with Crippen LogP contribution in [0.4, 0.5) is 0 Å². The summed E-state index contributed by atoms with van der Waals surface area (Å²) in [6.45, 7) is 17.2. The van der Waals surface area contributed by atoms with Crippen molar-refractivity contribution in [1.29, 1.82) is 0 Å². The van der Waals surface area contributed by atoms with Gasteiger partial charge in [0, 0.05) is 18.1 Å². The molecule has 0 amide bonds. The third-order valence-electron chi connectivity index (χ3n) is 4.15. The smallest absolute Gasteiger partial charge is 0.00968 e. The van der Waals surface area contributed by atoms with Crippen LogP contribution >= 0.6 is 0 Å². The molecule has 1 aliphatic carbocycles. The van der Waals surface area contributed by atoms with Crippen molar-refractivity contribution in [2.45, 2.75) is 78.9 Å². The van der Waals surface area contributed by atoms with E-state index in [-0.39, 0.29) is 0 Å². The third-order valence-corrected chi connectivity index (χ3v) is 4.15. The molecule has 0 aromatic rings. The van der Waals surface area contributed by atoms with Crippen molar-refractivity contribution in [3.63, 3.8) is 0 Å². The molecule has 21 heavy (non-hydrogen) atoms. The second-order valence-corrected chi connectivity index (χ2v) is 8.20. The van der Waals surface area contributed by atoms with E-state index >= 15 is 0 Å². The van der Waals surface area contributed by atoms with Crippen molar-refractivity contribution in [2.24, 2.45) is 17.8 Å². The minimum absolute atomic E-state index is 0.662. The fourth-order valence-electron chi connectivity index (χ4n) is 3.03. The standard InChI is InChI=1S/C18H39N3/c1-13(2)10-19-16-7-17(20-11-14(3)4)9-18(8-16)21-12-15(5)6/h13-21H,7-12H2,1-6H3.